The summed E-state index contributed by atoms with van der Waals surface area (Å²) >= 11 is 1.37. The lowest BCUT2D eigenvalue weighted by atomic mass is 10.2. The number of amides is 1. The van der Waals surface area contributed by atoms with E-state index in [1.54, 1.807) is 36.0 Å². The van der Waals surface area contributed by atoms with Gasteiger partial charge in [0.1, 0.15) is 5.75 Å². The van der Waals surface area contributed by atoms with Crippen molar-refractivity contribution in [2.24, 2.45) is 12.1 Å². The standard InChI is InChI=1S/C11H10N6O2S/c1-17-11(14-15-16-17)20-6-9-12-13-10(18)7-4-2-3-5-8(7)19-9/h2-5H,6H2,1H3,(H,13,18). The van der Waals surface area contributed by atoms with Crippen molar-refractivity contribution in [2.75, 3.05) is 5.75 Å². The monoisotopic (exact) mass is 290 g/mol. The number of carbonyl (C=O) groups is 1. The van der Waals surface area contributed by atoms with E-state index in [2.05, 4.69) is 26.1 Å². The summed E-state index contributed by atoms with van der Waals surface area (Å²) in [7, 11) is 1.75. The molecule has 0 atom stereocenters. The van der Waals surface area contributed by atoms with Crippen molar-refractivity contribution in [1.29, 1.82) is 0 Å². The largest absolute Gasteiger partial charge is 0.440 e. The van der Waals surface area contributed by atoms with Crippen molar-refractivity contribution >= 4 is 23.6 Å². The predicted octanol–water partition coefficient (Wildman–Crippen LogP) is 0.438. The van der Waals surface area contributed by atoms with E-state index in [4.69, 9.17) is 4.74 Å². The first-order valence-corrected chi connectivity index (χ1v) is 6.71. The van der Waals surface area contributed by atoms with Crippen LogP contribution >= 0.6 is 11.8 Å². The van der Waals surface area contributed by atoms with E-state index >= 15 is 0 Å². The molecule has 2 aromatic rings. The zero-order valence-corrected chi connectivity index (χ0v) is 11.3. The van der Waals surface area contributed by atoms with Gasteiger partial charge in [0.25, 0.3) is 5.91 Å². The molecule has 0 spiro atoms. The van der Waals surface area contributed by atoms with Gasteiger partial charge in [-0.2, -0.15) is 0 Å². The van der Waals surface area contributed by atoms with Crippen LogP contribution in [0, 0.1) is 0 Å². The van der Waals surface area contributed by atoms with Crippen LogP contribution in [0.2, 0.25) is 0 Å². The number of para-hydroxylation sites is 1. The molecule has 0 saturated heterocycles. The van der Waals surface area contributed by atoms with Gasteiger partial charge in [-0.25, -0.2) is 10.1 Å². The van der Waals surface area contributed by atoms with Crippen LogP contribution < -0.4 is 10.2 Å². The first kappa shape index (κ1) is 12.6. The van der Waals surface area contributed by atoms with Crippen LogP contribution in [0.3, 0.4) is 0 Å². The summed E-state index contributed by atoms with van der Waals surface area (Å²) in [6.07, 6.45) is 0. The average Bonchev–Trinajstić information content (AvgIpc) is 2.79. The second-order valence-electron chi connectivity index (χ2n) is 3.92. The quantitative estimate of drug-likeness (QED) is 0.824. The second-order valence-corrected chi connectivity index (χ2v) is 4.86. The summed E-state index contributed by atoms with van der Waals surface area (Å²) < 4.78 is 7.18. The van der Waals surface area contributed by atoms with Crippen molar-refractivity contribution < 1.29 is 9.53 Å². The molecule has 1 aliphatic rings. The number of tetrazole rings is 1. The molecule has 1 aromatic carbocycles. The number of hydrogen-bond donors (Lipinski definition) is 1. The van der Waals surface area contributed by atoms with Crippen LogP contribution in [0.5, 0.6) is 5.75 Å². The van der Waals surface area contributed by atoms with Gasteiger partial charge in [0.15, 0.2) is 0 Å². The summed E-state index contributed by atoms with van der Waals surface area (Å²) in [4.78, 5) is 11.8. The van der Waals surface area contributed by atoms with E-state index in [0.29, 0.717) is 28.1 Å². The minimum atomic E-state index is -0.291. The number of carbonyl (C=O) groups excluding carboxylic acids is 1. The molecule has 0 bridgehead atoms. The third-order valence-electron chi connectivity index (χ3n) is 2.55. The molecule has 8 nitrogen and oxygen atoms in total. The van der Waals surface area contributed by atoms with Crippen molar-refractivity contribution in [3.63, 3.8) is 0 Å². The van der Waals surface area contributed by atoms with E-state index in [1.807, 2.05) is 0 Å². The highest BCUT2D eigenvalue weighted by Crippen LogP contribution is 2.21. The first-order valence-electron chi connectivity index (χ1n) is 5.73. The summed E-state index contributed by atoms with van der Waals surface area (Å²) in [5.74, 6) is 0.984. The van der Waals surface area contributed by atoms with Gasteiger partial charge in [-0.3, -0.25) is 4.79 Å². The van der Waals surface area contributed by atoms with Crippen LogP contribution in [0.4, 0.5) is 0 Å². The number of fused-ring (bicyclic) bond motifs is 1. The molecule has 0 fully saturated rings. The fraction of sp³-hybridized carbons (Fsp3) is 0.182. The summed E-state index contributed by atoms with van der Waals surface area (Å²) in [6.45, 7) is 0. The van der Waals surface area contributed by atoms with Gasteiger partial charge in [-0.15, -0.1) is 10.2 Å². The molecule has 0 radical (unpaired) electrons. The normalized spacial score (nSPS) is 13.8. The van der Waals surface area contributed by atoms with Gasteiger partial charge in [0.2, 0.25) is 11.1 Å². The fourth-order valence-electron chi connectivity index (χ4n) is 1.60. The Morgan fingerprint density at radius 2 is 2.25 bits per heavy atom. The third-order valence-corrected chi connectivity index (χ3v) is 3.54. The number of nitrogens with one attached hydrogen (secondary N) is 1. The molecule has 2 heterocycles. The molecular weight excluding hydrogens is 280 g/mol. The van der Waals surface area contributed by atoms with E-state index in [9.17, 15) is 4.79 Å². The van der Waals surface area contributed by atoms with Gasteiger partial charge in [-0.05, 0) is 22.6 Å². The number of thioether (sulfide) groups is 1. The second kappa shape index (κ2) is 5.29. The van der Waals surface area contributed by atoms with E-state index in [1.165, 1.54) is 11.8 Å². The van der Waals surface area contributed by atoms with E-state index in [0.717, 1.165) is 0 Å². The molecule has 0 aliphatic carbocycles. The number of rotatable bonds is 3. The van der Waals surface area contributed by atoms with Crippen molar-refractivity contribution in [3.8, 4) is 5.75 Å². The molecular formula is C11H10N6O2S. The Balaban J connectivity index is 1.75. The van der Waals surface area contributed by atoms with Crippen molar-refractivity contribution in [1.82, 2.24) is 25.6 Å². The van der Waals surface area contributed by atoms with E-state index < -0.39 is 0 Å². The van der Waals surface area contributed by atoms with Crippen LogP contribution in [0.15, 0.2) is 34.5 Å². The van der Waals surface area contributed by atoms with Gasteiger partial charge < -0.3 is 4.74 Å². The topological polar surface area (TPSA) is 94.3 Å². The minimum Gasteiger partial charge on any atom is -0.440 e. The SMILES string of the molecule is Cn1nnnc1SCC1=NNC(=O)c2ccccc2O1. The Bertz CT molecular complexity index is 683. The van der Waals surface area contributed by atoms with Crippen molar-refractivity contribution in [3.05, 3.63) is 29.8 Å². The highest BCUT2D eigenvalue weighted by molar-refractivity contribution is 7.99. The lowest BCUT2D eigenvalue weighted by molar-refractivity contribution is 0.0955. The Labute approximate surface area is 118 Å². The number of aromatic nitrogens is 4. The van der Waals surface area contributed by atoms with E-state index in [-0.39, 0.29) is 5.91 Å². The summed E-state index contributed by atoms with van der Waals surface area (Å²) in [5.41, 5.74) is 2.90. The number of benzene rings is 1. The van der Waals surface area contributed by atoms with Crippen LogP contribution in [-0.2, 0) is 7.05 Å². The lowest BCUT2D eigenvalue weighted by Gasteiger charge is -2.06. The van der Waals surface area contributed by atoms with Gasteiger partial charge >= 0.3 is 0 Å². The molecule has 3 rings (SSSR count). The van der Waals surface area contributed by atoms with Crippen molar-refractivity contribution in [2.45, 2.75) is 5.16 Å². The maximum Gasteiger partial charge on any atom is 0.275 e. The number of aryl methyl sites for hydroxylation is 1. The molecule has 0 saturated carbocycles. The zero-order chi connectivity index (χ0) is 13.9. The third kappa shape index (κ3) is 2.48. The maximum absolute atomic E-state index is 11.8. The highest BCUT2D eigenvalue weighted by Gasteiger charge is 2.18. The lowest BCUT2D eigenvalue weighted by Crippen LogP contribution is -2.18. The smallest absolute Gasteiger partial charge is 0.275 e. The van der Waals surface area contributed by atoms with Gasteiger partial charge in [0, 0.05) is 7.05 Å². The number of ether oxygens (including phenoxy) is 1. The zero-order valence-electron chi connectivity index (χ0n) is 10.5. The molecule has 1 aromatic heterocycles. The minimum absolute atomic E-state index is 0.291. The molecule has 9 heteroatoms. The number of hydrogen-bond acceptors (Lipinski definition) is 7. The summed E-state index contributed by atoms with van der Waals surface area (Å²) in [5, 5.41) is 15.7. The van der Waals surface area contributed by atoms with Gasteiger partial charge in [0.05, 0.1) is 11.3 Å². The summed E-state index contributed by atoms with van der Waals surface area (Å²) in [6, 6.07) is 6.98. The number of hydrazone groups is 1. The Morgan fingerprint density at radius 3 is 3.05 bits per heavy atom. The van der Waals surface area contributed by atoms with Crippen LogP contribution in [0.1, 0.15) is 10.4 Å². The van der Waals surface area contributed by atoms with Crippen LogP contribution in [0.25, 0.3) is 0 Å². The molecule has 1 N–H and O–H groups in total. The van der Waals surface area contributed by atoms with Gasteiger partial charge in [-0.1, -0.05) is 23.9 Å². The molecule has 102 valence electrons. The molecule has 20 heavy (non-hydrogen) atoms. The molecule has 1 amide bonds. The first-order chi connectivity index (χ1) is 9.74. The maximum atomic E-state index is 11.8. The highest BCUT2D eigenvalue weighted by atomic mass is 32.2. The van der Waals surface area contributed by atoms with Crippen LogP contribution in [-0.4, -0.2) is 37.8 Å². The average molecular weight is 290 g/mol. The fourth-order valence-corrected chi connectivity index (χ4v) is 2.29. The molecule has 0 unspecified atom stereocenters. The number of nitrogens with zero attached hydrogens (tertiary/aromatic N) is 5. The predicted molar refractivity (Wildman–Crippen MR) is 71.5 cm³/mol. The Morgan fingerprint density at radius 1 is 1.40 bits per heavy atom. The Kier molecular flexibility index (Phi) is 3.33. The Hall–Kier alpha value is -2.42. The molecule has 1 aliphatic heterocycles.